The topological polar surface area (TPSA) is 34.2 Å². The van der Waals surface area contributed by atoms with E-state index in [1.54, 1.807) is 0 Å². The molecule has 3 nitrogen and oxygen atoms in total. The number of nitrogens with zero attached hydrogens (tertiary/aromatic N) is 1. The highest BCUT2D eigenvalue weighted by Crippen LogP contribution is 2.36. The molecular weight excluding hydrogens is 248 g/mol. The highest BCUT2D eigenvalue weighted by molar-refractivity contribution is 5.78. The molecule has 0 spiro atoms. The second-order valence-electron chi connectivity index (χ2n) is 5.80. The number of pyridine rings is 1. The van der Waals surface area contributed by atoms with Gasteiger partial charge in [0.1, 0.15) is 0 Å². The van der Waals surface area contributed by atoms with Crippen molar-refractivity contribution in [2.24, 2.45) is 0 Å². The van der Waals surface area contributed by atoms with Gasteiger partial charge < -0.3 is 10.1 Å². The van der Waals surface area contributed by atoms with Crippen LogP contribution in [0.4, 0.5) is 0 Å². The Labute approximate surface area is 120 Å². The molecule has 3 heteroatoms. The van der Waals surface area contributed by atoms with Gasteiger partial charge in [-0.2, -0.15) is 0 Å². The van der Waals surface area contributed by atoms with Crippen molar-refractivity contribution in [3.05, 3.63) is 42.1 Å². The number of ether oxygens (including phenoxy) is 1. The van der Waals surface area contributed by atoms with Crippen LogP contribution in [-0.2, 0) is 4.74 Å². The van der Waals surface area contributed by atoms with Crippen LogP contribution in [0, 0.1) is 0 Å². The number of rotatable bonds is 3. The third kappa shape index (κ3) is 2.43. The monoisotopic (exact) mass is 270 g/mol. The molecule has 1 saturated heterocycles. The molecule has 2 aromatic rings. The molecule has 20 heavy (non-hydrogen) atoms. The molecule has 1 N–H and O–H groups in total. The highest BCUT2D eigenvalue weighted by Gasteiger charge is 2.37. The van der Waals surface area contributed by atoms with Crippen molar-refractivity contribution in [3.63, 3.8) is 0 Å². The summed E-state index contributed by atoms with van der Waals surface area (Å²) in [6.07, 6.45) is 5.47. The van der Waals surface area contributed by atoms with Crippen LogP contribution in [0.25, 0.3) is 10.9 Å². The number of benzene rings is 1. The molecule has 0 aliphatic carbocycles. The summed E-state index contributed by atoms with van der Waals surface area (Å²) in [7, 11) is 2.00. The Morgan fingerprint density at radius 1 is 1.30 bits per heavy atom. The predicted molar refractivity (Wildman–Crippen MR) is 81.8 cm³/mol. The van der Waals surface area contributed by atoms with E-state index in [1.807, 2.05) is 25.4 Å². The lowest BCUT2D eigenvalue weighted by atomic mass is 9.84. The number of fused-ring (bicyclic) bond motifs is 1. The van der Waals surface area contributed by atoms with Gasteiger partial charge in [0.25, 0.3) is 0 Å². The summed E-state index contributed by atoms with van der Waals surface area (Å²) >= 11 is 0. The fourth-order valence-electron chi connectivity index (χ4n) is 3.25. The van der Waals surface area contributed by atoms with E-state index in [0.29, 0.717) is 0 Å². The van der Waals surface area contributed by atoms with Gasteiger partial charge in [-0.15, -0.1) is 0 Å². The minimum absolute atomic E-state index is 0.142. The third-order valence-electron chi connectivity index (χ3n) is 4.34. The molecule has 3 rings (SSSR count). The maximum absolute atomic E-state index is 6.09. The van der Waals surface area contributed by atoms with Crippen molar-refractivity contribution >= 4 is 10.9 Å². The van der Waals surface area contributed by atoms with Gasteiger partial charge in [0.05, 0.1) is 17.2 Å². The van der Waals surface area contributed by atoms with Crippen LogP contribution in [0.15, 0.2) is 36.5 Å². The number of para-hydroxylation sites is 1. The number of aromatic nitrogens is 1. The second kappa shape index (κ2) is 5.51. The van der Waals surface area contributed by atoms with Crippen LogP contribution >= 0.6 is 0 Å². The van der Waals surface area contributed by atoms with Gasteiger partial charge in [-0.3, -0.25) is 4.98 Å². The molecule has 1 aromatic heterocycles. The SMILES string of the molecule is CNC(c1cnc2ccccc2c1)C1(C)CCCCO1. The Balaban J connectivity index is 1.98. The zero-order valence-electron chi connectivity index (χ0n) is 12.2. The Bertz CT molecular complexity index is 590. The van der Waals surface area contributed by atoms with Gasteiger partial charge >= 0.3 is 0 Å². The molecule has 106 valence electrons. The van der Waals surface area contributed by atoms with E-state index in [9.17, 15) is 0 Å². The lowest BCUT2D eigenvalue weighted by Gasteiger charge is -2.40. The number of likely N-dealkylation sites (N-methyl/N-ethyl adjacent to an activating group) is 1. The number of hydrogen-bond donors (Lipinski definition) is 1. The molecule has 2 unspecified atom stereocenters. The van der Waals surface area contributed by atoms with Crippen molar-refractivity contribution in [1.29, 1.82) is 0 Å². The summed E-state index contributed by atoms with van der Waals surface area (Å²) in [5.74, 6) is 0. The first kappa shape index (κ1) is 13.5. The standard InChI is InChI=1S/C17H22N2O/c1-17(9-5-6-10-20-17)16(18-2)14-11-13-7-3-4-8-15(13)19-12-14/h3-4,7-8,11-12,16,18H,5-6,9-10H2,1-2H3. The van der Waals surface area contributed by atoms with Crippen molar-refractivity contribution in [2.45, 2.75) is 37.8 Å². The zero-order valence-corrected chi connectivity index (χ0v) is 12.2. The van der Waals surface area contributed by atoms with E-state index in [4.69, 9.17) is 4.74 Å². The molecule has 2 atom stereocenters. The van der Waals surface area contributed by atoms with Gasteiger partial charge in [0.2, 0.25) is 0 Å². The molecule has 1 aliphatic heterocycles. The average molecular weight is 270 g/mol. The molecule has 0 bridgehead atoms. The predicted octanol–water partition coefficient (Wildman–Crippen LogP) is 3.45. The molecule has 0 radical (unpaired) electrons. The van der Waals surface area contributed by atoms with Gasteiger partial charge in [0.15, 0.2) is 0 Å². The molecular formula is C17H22N2O. The minimum Gasteiger partial charge on any atom is -0.373 e. The number of hydrogen-bond acceptors (Lipinski definition) is 3. The maximum atomic E-state index is 6.09. The first-order chi connectivity index (χ1) is 9.73. The third-order valence-corrected chi connectivity index (χ3v) is 4.34. The van der Waals surface area contributed by atoms with E-state index in [2.05, 4.69) is 35.4 Å². The van der Waals surface area contributed by atoms with E-state index in [-0.39, 0.29) is 11.6 Å². The quantitative estimate of drug-likeness (QED) is 0.927. The summed E-state index contributed by atoms with van der Waals surface area (Å²) in [6, 6.07) is 10.7. The lowest BCUT2D eigenvalue weighted by Crippen LogP contribution is -2.44. The van der Waals surface area contributed by atoms with Crippen LogP contribution in [0.5, 0.6) is 0 Å². The summed E-state index contributed by atoms with van der Waals surface area (Å²) < 4.78 is 6.09. The van der Waals surface area contributed by atoms with Crippen LogP contribution < -0.4 is 5.32 Å². The van der Waals surface area contributed by atoms with Crippen LogP contribution in [0.1, 0.15) is 37.8 Å². The normalized spacial score (nSPS) is 24.7. The molecule has 1 aromatic carbocycles. The van der Waals surface area contributed by atoms with Crippen LogP contribution in [0.2, 0.25) is 0 Å². The van der Waals surface area contributed by atoms with Gasteiger partial charge in [-0.25, -0.2) is 0 Å². The van der Waals surface area contributed by atoms with Gasteiger partial charge in [-0.05, 0) is 50.9 Å². The number of nitrogens with one attached hydrogen (secondary N) is 1. The molecule has 2 heterocycles. The van der Waals surface area contributed by atoms with E-state index < -0.39 is 0 Å². The van der Waals surface area contributed by atoms with Crippen molar-refractivity contribution in [2.75, 3.05) is 13.7 Å². The summed E-state index contributed by atoms with van der Waals surface area (Å²) in [6.45, 7) is 3.07. The minimum atomic E-state index is -0.142. The first-order valence-corrected chi connectivity index (χ1v) is 7.39. The molecule has 1 aliphatic rings. The second-order valence-corrected chi connectivity index (χ2v) is 5.80. The molecule has 0 saturated carbocycles. The van der Waals surface area contributed by atoms with Crippen molar-refractivity contribution < 1.29 is 4.74 Å². The van der Waals surface area contributed by atoms with E-state index in [0.717, 1.165) is 18.5 Å². The molecule has 1 fully saturated rings. The fourth-order valence-corrected chi connectivity index (χ4v) is 3.25. The largest absolute Gasteiger partial charge is 0.373 e. The average Bonchev–Trinajstić information content (AvgIpc) is 2.48. The zero-order chi connectivity index (χ0) is 14.0. The fraction of sp³-hybridized carbons (Fsp3) is 0.471. The van der Waals surface area contributed by atoms with Crippen molar-refractivity contribution in [3.8, 4) is 0 Å². The summed E-state index contributed by atoms with van der Waals surface area (Å²) in [4.78, 5) is 4.58. The van der Waals surface area contributed by atoms with Crippen LogP contribution in [-0.4, -0.2) is 24.2 Å². The highest BCUT2D eigenvalue weighted by atomic mass is 16.5. The van der Waals surface area contributed by atoms with Gasteiger partial charge in [-0.1, -0.05) is 18.2 Å². The maximum Gasteiger partial charge on any atom is 0.0848 e. The smallest absolute Gasteiger partial charge is 0.0848 e. The van der Waals surface area contributed by atoms with E-state index in [1.165, 1.54) is 23.8 Å². The Hall–Kier alpha value is -1.45. The van der Waals surface area contributed by atoms with E-state index >= 15 is 0 Å². The Kier molecular flexibility index (Phi) is 3.72. The van der Waals surface area contributed by atoms with Crippen molar-refractivity contribution in [1.82, 2.24) is 10.3 Å². The van der Waals surface area contributed by atoms with Gasteiger partial charge in [0, 0.05) is 18.2 Å². The Morgan fingerprint density at radius 3 is 2.90 bits per heavy atom. The van der Waals surface area contributed by atoms with Crippen LogP contribution in [0.3, 0.4) is 0 Å². The lowest BCUT2D eigenvalue weighted by molar-refractivity contribution is -0.0884. The Morgan fingerprint density at radius 2 is 2.15 bits per heavy atom. The molecule has 0 amide bonds. The summed E-state index contributed by atoms with van der Waals surface area (Å²) in [5.41, 5.74) is 2.10. The summed E-state index contributed by atoms with van der Waals surface area (Å²) in [5, 5.41) is 4.61. The first-order valence-electron chi connectivity index (χ1n) is 7.39.